The SMILES string of the molecule is Cc1nn(C)c(C)c1-c1c(Cl)ccc2c(CCCOc3cccc4ccccc34)c(C(=O)OC(C)(C)C)n(CCN3CCN(C(=O)COc4cc(C(F)(F)F)nc5c(C(=O)NC6CCC(=O)NC6=O)scc45)CC3)c12. The van der Waals surface area contributed by atoms with Crippen LogP contribution < -0.4 is 20.1 Å². The van der Waals surface area contributed by atoms with Crippen LogP contribution in [-0.2, 0) is 45.3 Å². The first-order valence-corrected chi connectivity index (χ1v) is 25.9. The molecule has 2 N–H and O–H groups in total. The summed E-state index contributed by atoms with van der Waals surface area (Å²) in [5.41, 5.74) is 2.80. The molecule has 0 aliphatic carbocycles. The van der Waals surface area contributed by atoms with Crippen LogP contribution in [0.4, 0.5) is 13.2 Å². The number of hydrogen-bond donors (Lipinski definition) is 2. The first kappa shape index (κ1) is 52.8. The summed E-state index contributed by atoms with van der Waals surface area (Å²) in [4.78, 5) is 72.8. The molecular formula is C54H56ClF3N8O8S. The van der Waals surface area contributed by atoms with Gasteiger partial charge in [-0.3, -0.25) is 34.1 Å². The lowest BCUT2D eigenvalue weighted by molar-refractivity contribution is -0.141. The van der Waals surface area contributed by atoms with Gasteiger partial charge in [-0.05, 0) is 77.0 Å². The fourth-order valence-corrected chi connectivity index (χ4v) is 11.0. The lowest BCUT2D eigenvalue weighted by atomic mass is 9.98. The van der Waals surface area contributed by atoms with E-state index in [0.717, 1.165) is 66.8 Å². The molecule has 2 aliphatic rings. The molecule has 2 aliphatic heterocycles. The smallest absolute Gasteiger partial charge is 0.433 e. The van der Waals surface area contributed by atoms with Gasteiger partial charge in [-0.15, -0.1) is 11.3 Å². The minimum Gasteiger partial charge on any atom is -0.493 e. The van der Waals surface area contributed by atoms with Gasteiger partial charge in [-0.2, -0.15) is 18.3 Å². The highest BCUT2D eigenvalue weighted by Crippen LogP contribution is 2.43. The summed E-state index contributed by atoms with van der Waals surface area (Å²) in [5, 5.41) is 14.2. The number of amides is 4. The molecule has 75 heavy (non-hydrogen) atoms. The van der Waals surface area contributed by atoms with Crippen molar-refractivity contribution < 1.29 is 51.4 Å². The maximum absolute atomic E-state index is 14.6. The standard InChI is InChI=1S/C54H56ClF3N8O8S/c1-30-44(31(2)63(6)62-30)45-37(55)17-16-35-34(14-10-26-72-39-15-9-12-32-11-7-8-13-33(32)39)48(52(71)74-53(3,4)5)66(47(35)45)25-22-64-20-23-65(24-21-64)43(68)28-73-40-27-41(54(56,57)58)60-46-36(40)29-75-49(46)51(70)59-38-18-19-42(67)61-50(38)69/h7-9,11-13,15-17,27,29,38H,10,14,18-26,28H2,1-6H3,(H,59,70)(H,61,67,69). The molecule has 0 spiro atoms. The number of pyridine rings is 1. The van der Waals surface area contributed by atoms with E-state index in [4.69, 9.17) is 30.9 Å². The minimum absolute atomic E-state index is 0.0166. The van der Waals surface area contributed by atoms with Crippen LogP contribution >= 0.6 is 22.9 Å². The predicted octanol–water partition coefficient (Wildman–Crippen LogP) is 8.82. The van der Waals surface area contributed by atoms with Crippen molar-refractivity contribution >= 4 is 85.1 Å². The third-order valence-corrected chi connectivity index (χ3v) is 14.8. The van der Waals surface area contributed by atoms with Gasteiger partial charge in [0.15, 0.2) is 6.61 Å². The summed E-state index contributed by atoms with van der Waals surface area (Å²) < 4.78 is 64.7. The molecule has 1 atom stereocenters. The number of aromatic nitrogens is 4. The zero-order chi connectivity index (χ0) is 53.5. The first-order valence-electron chi connectivity index (χ1n) is 24.6. The highest BCUT2D eigenvalue weighted by molar-refractivity contribution is 7.13. The topological polar surface area (TPSA) is 179 Å². The van der Waals surface area contributed by atoms with Gasteiger partial charge < -0.3 is 29.0 Å². The van der Waals surface area contributed by atoms with Gasteiger partial charge in [-0.1, -0.05) is 54.1 Å². The van der Waals surface area contributed by atoms with Gasteiger partial charge in [0.2, 0.25) is 11.8 Å². The first-order chi connectivity index (χ1) is 35.7. The van der Waals surface area contributed by atoms with Crippen molar-refractivity contribution in [2.45, 2.75) is 84.7 Å². The normalized spacial score (nSPS) is 15.7. The highest BCUT2D eigenvalue weighted by Gasteiger charge is 2.37. The van der Waals surface area contributed by atoms with Crippen molar-refractivity contribution in [1.29, 1.82) is 0 Å². The second-order valence-electron chi connectivity index (χ2n) is 19.7. The van der Waals surface area contributed by atoms with Gasteiger partial charge in [0, 0.05) is 91.8 Å². The summed E-state index contributed by atoms with van der Waals surface area (Å²) >= 11 is 8.00. The fraction of sp³-hybridized carbons (Fsp3) is 0.389. The Bertz CT molecular complexity index is 3390. The Morgan fingerprint density at radius 2 is 1.65 bits per heavy atom. The molecule has 3 aromatic carbocycles. The van der Waals surface area contributed by atoms with Crippen LogP contribution in [0, 0.1) is 13.8 Å². The number of carbonyl (C=O) groups is 5. The molecule has 6 heterocycles. The lowest BCUT2D eigenvalue weighted by Crippen LogP contribution is -2.52. The number of imide groups is 1. The maximum atomic E-state index is 14.6. The second kappa shape index (κ2) is 21.3. The number of piperazine rings is 1. The molecule has 21 heteroatoms. The predicted molar refractivity (Wildman–Crippen MR) is 278 cm³/mol. The minimum atomic E-state index is -4.92. The van der Waals surface area contributed by atoms with Crippen LogP contribution in [0.2, 0.25) is 5.02 Å². The molecule has 0 saturated carbocycles. The number of esters is 1. The zero-order valence-corrected chi connectivity index (χ0v) is 43.9. The molecule has 2 fully saturated rings. The molecule has 4 amide bonds. The third-order valence-electron chi connectivity index (χ3n) is 13.5. The number of piperidine rings is 1. The quantitative estimate of drug-likeness (QED) is 0.0570. The molecule has 1 unspecified atom stereocenters. The Labute approximate surface area is 439 Å². The number of fused-ring (bicyclic) bond motifs is 3. The van der Waals surface area contributed by atoms with Crippen molar-refractivity contribution in [3.05, 3.63) is 104 Å². The van der Waals surface area contributed by atoms with Gasteiger partial charge in [0.25, 0.3) is 11.8 Å². The number of ether oxygens (including phenoxy) is 3. The van der Waals surface area contributed by atoms with Crippen molar-refractivity contribution in [2.75, 3.05) is 45.9 Å². The van der Waals surface area contributed by atoms with Crippen LogP contribution in [0.25, 0.3) is 43.7 Å². The van der Waals surface area contributed by atoms with E-state index in [1.54, 1.807) is 4.90 Å². The van der Waals surface area contributed by atoms with Crippen molar-refractivity contribution in [2.24, 2.45) is 7.05 Å². The molecule has 7 aromatic rings. The van der Waals surface area contributed by atoms with E-state index in [2.05, 4.69) is 20.5 Å². The average Bonchev–Trinajstić information content (AvgIpc) is 4.01. The van der Waals surface area contributed by atoms with Crippen LogP contribution in [0.1, 0.15) is 82.8 Å². The van der Waals surface area contributed by atoms with Crippen LogP contribution in [0.15, 0.2) is 66.0 Å². The van der Waals surface area contributed by atoms with Crippen LogP contribution in [-0.4, -0.2) is 116 Å². The summed E-state index contributed by atoms with van der Waals surface area (Å²) in [7, 11) is 1.88. The lowest BCUT2D eigenvalue weighted by Gasteiger charge is -2.35. The number of thiophene rings is 1. The van der Waals surface area contributed by atoms with E-state index in [1.165, 1.54) is 5.38 Å². The Balaban J connectivity index is 0.940. The number of hydrogen-bond acceptors (Lipinski definition) is 12. The van der Waals surface area contributed by atoms with E-state index >= 15 is 0 Å². The summed E-state index contributed by atoms with van der Waals surface area (Å²) in [5.74, 6) is -2.52. The summed E-state index contributed by atoms with van der Waals surface area (Å²) in [6.45, 7) is 11.4. The number of alkyl halides is 3. The molecule has 0 bridgehead atoms. The molecule has 16 nitrogen and oxygen atoms in total. The van der Waals surface area contributed by atoms with Gasteiger partial charge in [0.1, 0.15) is 39.4 Å². The number of nitrogens with one attached hydrogen (secondary N) is 2. The Morgan fingerprint density at radius 3 is 2.36 bits per heavy atom. The Morgan fingerprint density at radius 1 is 0.907 bits per heavy atom. The van der Waals surface area contributed by atoms with Crippen molar-refractivity contribution in [3.63, 3.8) is 0 Å². The van der Waals surface area contributed by atoms with Crippen molar-refractivity contribution in [3.8, 4) is 22.6 Å². The number of carbonyl (C=O) groups excluding carboxylic acids is 5. The van der Waals surface area contributed by atoms with E-state index in [1.807, 2.05) is 106 Å². The third kappa shape index (κ3) is 11.2. The summed E-state index contributed by atoms with van der Waals surface area (Å²) in [6, 6.07) is 17.4. The number of benzene rings is 3. The van der Waals surface area contributed by atoms with Gasteiger partial charge >= 0.3 is 12.1 Å². The fourth-order valence-electron chi connectivity index (χ4n) is 9.82. The van der Waals surface area contributed by atoms with E-state index in [9.17, 15) is 37.1 Å². The Kier molecular flexibility index (Phi) is 15.0. The number of nitrogens with zero attached hydrogens (tertiary/aromatic N) is 6. The largest absolute Gasteiger partial charge is 0.493 e. The molecule has 394 valence electrons. The number of rotatable bonds is 15. The molecule has 4 aromatic heterocycles. The second-order valence-corrected chi connectivity index (χ2v) is 21.0. The molecular weight excluding hydrogens is 1010 g/mol. The van der Waals surface area contributed by atoms with Gasteiger partial charge in [-0.25, -0.2) is 9.78 Å². The monoisotopic (exact) mass is 1070 g/mol. The van der Waals surface area contributed by atoms with Crippen molar-refractivity contribution in [1.82, 2.24) is 39.8 Å². The average molecular weight is 1070 g/mol. The van der Waals surface area contributed by atoms with E-state index < -0.39 is 59.7 Å². The van der Waals surface area contributed by atoms with Crippen LogP contribution in [0.3, 0.4) is 0 Å². The molecule has 0 radical (unpaired) electrons. The summed E-state index contributed by atoms with van der Waals surface area (Å²) in [6.07, 6.45) is -3.86. The zero-order valence-electron chi connectivity index (χ0n) is 42.3. The van der Waals surface area contributed by atoms with Crippen LogP contribution in [0.5, 0.6) is 11.5 Å². The maximum Gasteiger partial charge on any atom is 0.433 e. The van der Waals surface area contributed by atoms with E-state index in [0.29, 0.717) is 62.4 Å². The highest BCUT2D eigenvalue weighted by atomic mass is 35.5. The van der Waals surface area contributed by atoms with E-state index in [-0.39, 0.29) is 47.5 Å². The number of aryl methyl sites for hydroxylation is 3. The molecule has 2 saturated heterocycles. The molecule has 9 rings (SSSR count). The Hall–Kier alpha value is -7.03. The van der Waals surface area contributed by atoms with Gasteiger partial charge in [0.05, 0.1) is 33.7 Å². The number of halogens is 4.